The first kappa shape index (κ1) is 4.30. The third kappa shape index (κ3) is 0.564. The van der Waals surface area contributed by atoms with Crippen molar-refractivity contribution in [2.24, 2.45) is 11.8 Å². The number of fused-ring (bicyclic) bond motifs is 5. The van der Waals surface area contributed by atoms with Crippen LogP contribution in [-0.4, -0.2) is 30.0 Å². The van der Waals surface area contributed by atoms with Crippen molar-refractivity contribution in [3.8, 4) is 0 Å². The molecule has 0 aromatic rings. The first-order valence-corrected chi connectivity index (χ1v) is 4.26. The molecule has 3 rings (SSSR count). The predicted molar refractivity (Wildman–Crippen MR) is 44.6 cm³/mol. The van der Waals surface area contributed by atoms with Gasteiger partial charge in [-0.2, -0.15) is 0 Å². The Hall–Kier alpha value is -0.990. The number of hydrogen-bond acceptors (Lipinski definition) is 1. The number of nitrogens with zero attached hydrogens (tertiary/aromatic N) is 1. The van der Waals surface area contributed by atoms with Gasteiger partial charge in [0.1, 0.15) is 0 Å². The number of nitrogens with one attached hydrogen (secondary N) is 1. The molecule has 3 nitrogen and oxygen atoms in total. The van der Waals surface area contributed by atoms with Crippen molar-refractivity contribution in [2.45, 2.75) is 18.5 Å². The lowest BCUT2D eigenvalue weighted by molar-refractivity contribution is 0.210. The maximum absolute atomic E-state index is 11.6. The summed E-state index contributed by atoms with van der Waals surface area (Å²) in [5.74, 6) is 0.552. The molecule has 2 aliphatic carbocycles. The van der Waals surface area contributed by atoms with Crippen LogP contribution < -0.4 is 5.32 Å². The number of carbonyl (C=O) groups is 1. The largest absolute Gasteiger partial charge is 0.333 e. The summed E-state index contributed by atoms with van der Waals surface area (Å²) >= 11 is 0. The molecule has 1 saturated carbocycles. The molecule has 12 heavy (non-hydrogen) atoms. The van der Waals surface area contributed by atoms with E-state index in [9.17, 15) is 4.79 Å². The van der Waals surface area contributed by atoms with Crippen LogP contribution in [0.25, 0.3) is 0 Å². The zero-order valence-electron chi connectivity index (χ0n) is 9.53. The summed E-state index contributed by atoms with van der Waals surface area (Å²) in [6.07, 6.45) is 5.11. The maximum atomic E-state index is 11.6. The van der Waals surface area contributed by atoms with Gasteiger partial charge in [-0.05, 0) is 18.3 Å². The van der Waals surface area contributed by atoms with E-state index in [0.717, 1.165) is 11.3 Å². The van der Waals surface area contributed by atoms with E-state index in [2.05, 4.69) is 11.4 Å². The summed E-state index contributed by atoms with van der Waals surface area (Å²) in [7, 11) is 0. The van der Waals surface area contributed by atoms with Gasteiger partial charge in [-0.15, -0.1) is 0 Å². The Labute approximate surface area is 75.6 Å². The molecule has 2 amide bonds. The lowest BCUT2D eigenvalue weighted by Crippen LogP contribution is -2.37. The van der Waals surface area contributed by atoms with Gasteiger partial charge in [-0.1, -0.05) is 12.2 Å². The normalized spacial score (nSPS) is 53.2. The van der Waals surface area contributed by atoms with Gasteiger partial charge >= 0.3 is 6.03 Å². The van der Waals surface area contributed by atoms with E-state index in [0.29, 0.717) is 5.92 Å². The van der Waals surface area contributed by atoms with Gasteiger partial charge in [-0.3, -0.25) is 0 Å². The summed E-state index contributed by atoms with van der Waals surface area (Å²) in [5.41, 5.74) is 0. The molecule has 2 fully saturated rings. The summed E-state index contributed by atoms with van der Waals surface area (Å²) in [6, 6.07) is -0.601. The van der Waals surface area contributed by atoms with Crippen molar-refractivity contribution >= 4 is 6.03 Å². The number of rotatable bonds is 0. The fraction of sp³-hybridized carbons (Fsp3) is 0.667. The molecule has 0 aromatic carbocycles. The van der Waals surface area contributed by atoms with Crippen LogP contribution in [0.15, 0.2) is 12.2 Å². The average molecular weight is 167 g/mol. The standard InChI is InChI=1S/C9H12N2O/c1-11-8-6-3-2-5(4-6)7(8)10-9(11)12/h2-3,5-8H,4H2,1H3,(H,10,12)/i1D3. The smallest absolute Gasteiger partial charge is 0.317 e. The first-order chi connectivity index (χ1) is 6.98. The highest BCUT2D eigenvalue weighted by atomic mass is 16.2. The van der Waals surface area contributed by atoms with E-state index >= 15 is 0 Å². The Bertz CT molecular complexity index is 352. The quantitative estimate of drug-likeness (QED) is 0.526. The summed E-state index contributed by atoms with van der Waals surface area (Å²) < 4.78 is 22.1. The fourth-order valence-corrected chi connectivity index (χ4v) is 2.69. The zero-order chi connectivity index (χ0) is 10.8. The molecule has 0 spiro atoms. The number of urea groups is 1. The third-order valence-electron chi connectivity index (χ3n) is 3.22. The van der Waals surface area contributed by atoms with Crippen molar-refractivity contribution < 1.29 is 8.91 Å². The minimum Gasteiger partial charge on any atom is -0.333 e. The third-order valence-corrected chi connectivity index (χ3v) is 3.22. The second-order valence-corrected chi connectivity index (χ2v) is 3.78. The molecule has 2 bridgehead atoms. The van der Waals surface area contributed by atoms with Crippen LogP contribution in [0, 0.1) is 11.8 Å². The molecule has 0 aromatic heterocycles. The van der Waals surface area contributed by atoms with Crippen LogP contribution in [0.1, 0.15) is 10.5 Å². The molecule has 1 saturated heterocycles. The Morgan fingerprint density at radius 1 is 1.67 bits per heavy atom. The van der Waals surface area contributed by atoms with E-state index in [1.165, 1.54) is 0 Å². The number of likely N-dealkylation sites (N-methyl/N-ethyl adjacent to an activating group) is 1. The lowest BCUT2D eigenvalue weighted by atomic mass is 9.97. The Balaban J connectivity index is 1.97. The molecule has 3 heteroatoms. The van der Waals surface area contributed by atoms with E-state index < -0.39 is 13.0 Å². The molecule has 4 atom stereocenters. The van der Waals surface area contributed by atoms with Crippen LogP contribution in [-0.2, 0) is 0 Å². The van der Waals surface area contributed by atoms with Gasteiger partial charge in [0.05, 0.1) is 12.1 Å². The van der Waals surface area contributed by atoms with Crippen LogP contribution in [0.4, 0.5) is 4.79 Å². The van der Waals surface area contributed by atoms with Crippen LogP contribution >= 0.6 is 0 Å². The van der Waals surface area contributed by atoms with Gasteiger partial charge < -0.3 is 10.2 Å². The Morgan fingerprint density at radius 2 is 2.50 bits per heavy atom. The summed E-state index contributed by atoms with van der Waals surface area (Å²) in [5, 5.41) is 2.78. The van der Waals surface area contributed by atoms with Gasteiger partial charge in [0.2, 0.25) is 0 Å². The van der Waals surface area contributed by atoms with Gasteiger partial charge in [0.25, 0.3) is 0 Å². The van der Waals surface area contributed by atoms with Crippen LogP contribution in [0.2, 0.25) is 0 Å². The molecular weight excluding hydrogens is 152 g/mol. The predicted octanol–water partition coefficient (Wildman–Crippen LogP) is 0.585. The van der Waals surface area contributed by atoms with E-state index in [1.54, 1.807) is 0 Å². The number of carbonyl (C=O) groups excluding carboxylic acids is 1. The average Bonchev–Trinajstić information content (AvgIpc) is 2.68. The van der Waals surface area contributed by atoms with Gasteiger partial charge in [0.15, 0.2) is 0 Å². The maximum Gasteiger partial charge on any atom is 0.317 e. The van der Waals surface area contributed by atoms with Crippen molar-refractivity contribution in [2.75, 3.05) is 6.98 Å². The number of amides is 2. The molecule has 64 valence electrons. The number of hydrogen-bond donors (Lipinski definition) is 1. The molecule has 1 heterocycles. The molecule has 3 aliphatic rings. The summed E-state index contributed by atoms with van der Waals surface area (Å²) in [4.78, 5) is 12.6. The molecule has 4 unspecified atom stereocenters. The van der Waals surface area contributed by atoms with Crippen molar-refractivity contribution in [3.63, 3.8) is 0 Å². The van der Waals surface area contributed by atoms with Gasteiger partial charge in [-0.25, -0.2) is 4.79 Å². The highest BCUT2D eigenvalue weighted by molar-refractivity contribution is 5.78. The fourth-order valence-electron chi connectivity index (χ4n) is 2.69. The molecular formula is C9H12N2O. The van der Waals surface area contributed by atoms with Crippen LogP contribution in [0.3, 0.4) is 0 Å². The van der Waals surface area contributed by atoms with E-state index in [1.807, 2.05) is 6.08 Å². The summed E-state index contributed by atoms with van der Waals surface area (Å²) in [6.45, 7) is -2.32. The van der Waals surface area contributed by atoms with Crippen molar-refractivity contribution in [1.82, 2.24) is 10.2 Å². The minimum absolute atomic E-state index is 0.00734. The van der Waals surface area contributed by atoms with E-state index in [-0.39, 0.29) is 18.0 Å². The molecule has 1 N–H and O–H groups in total. The topological polar surface area (TPSA) is 32.3 Å². The molecule has 0 radical (unpaired) electrons. The SMILES string of the molecule is [2H]C([2H])([2H])N1C(=O)NC2C3C=CC(C3)C21. The monoisotopic (exact) mass is 167 g/mol. The first-order valence-electron chi connectivity index (χ1n) is 5.76. The molecule has 1 aliphatic heterocycles. The van der Waals surface area contributed by atoms with E-state index in [4.69, 9.17) is 4.11 Å². The lowest BCUT2D eigenvalue weighted by Gasteiger charge is -2.23. The van der Waals surface area contributed by atoms with Crippen molar-refractivity contribution in [1.29, 1.82) is 0 Å². The van der Waals surface area contributed by atoms with Gasteiger partial charge in [0, 0.05) is 11.1 Å². The van der Waals surface area contributed by atoms with Crippen molar-refractivity contribution in [3.05, 3.63) is 12.2 Å². The highest BCUT2D eigenvalue weighted by Crippen LogP contribution is 2.43. The highest BCUT2D eigenvalue weighted by Gasteiger charge is 2.52. The second-order valence-electron chi connectivity index (χ2n) is 3.78. The second kappa shape index (κ2) is 1.84. The Kier molecular flexibility index (Phi) is 0.660. The zero-order valence-corrected chi connectivity index (χ0v) is 6.53. The van der Waals surface area contributed by atoms with Crippen LogP contribution in [0.5, 0.6) is 0 Å². The minimum atomic E-state index is -2.32. The Morgan fingerprint density at radius 3 is 3.33 bits per heavy atom.